The third-order valence-corrected chi connectivity index (χ3v) is 6.53. The van der Waals surface area contributed by atoms with Crippen molar-refractivity contribution in [2.75, 3.05) is 13.7 Å². The number of nitrogens with zero attached hydrogens (tertiary/aromatic N) is 1. The van der Waals surface area contributed by atoms with Crippen LogP contribution in [0.1, 0.15) is 20.8 Å². The Bertz CT molecular complexity index is 810. The van der Waals surface area contributed by atoms with Gasteiger partial charge in [-0.25, -0.2) is 13.2 Å². The monoisotopic (exact) mass is 337 g/mol. The van der Waals surface area contributed by atoms with Gasteiger partial charge < -0.3 is 4.74 Å². The predicted molar refractivity (Wildman–Crippen MR) is 83.4 cm³/mol. The molecular formula is C15H15NO4S2. The molecule has 0 amide bonds. The lowest BCUT2D eigenvalue weighted by atomic mass is 10.1. The number of hydrogen-bond donors (Lipinski definition) is 0. The molecule has 0 bridgehead atoms. The van der Waals surface area contributed by atoms with Gasteiger partial charge in [-0.3, -0.25) is 0 Å². The number of carbonyl (C=O) groups is 1. The second-order valence-corrected chi connectivity index (χ2v) is 7.92. The zero-order valence-corrected chi connectivity index (χ0v) is 13.6. The molecule has 0 saturated carbocycles. The minimum Gasteiger partial charge on any atom is -0.465 e. The lowest BCUT2D eigenvalue weighted by molar-refractivity contribution is 0.0600. The number of carbonyl (C=O) groups excluding carboxylic acids is 1. The van der Waals surface area contributed by atoms with Crippen molar-refractivity contribution in [1.82, 2.24) is 4.31 Å². The summed E-state index contributed by atoms with van der Waals surface area (Å²) < 4.78 is 31.6. The van der Waals surface area contributed by atoms with Crippen molar-refractivity contribution in [3.63, 3.8) is 0 Å². The molecule has 1 aromatic heterocycles. The second kappa shape index (κ2) is 5.83. The van der Waals surface area contributed by atoms with E-state index in [1.54, 1.807) is 17.4 Å². The van der Waals surface area contributed by atoms with Crippen LogP contribution in [-0.4, -0.2) is 32.3 Å². The normalized spacial score (nSPS) is 15.3. The van der Waals surface area contributed by atoms with Gasteiger partial charge in [0.2, 0.25) is 10.0 Å². The second-order valence-electron chi connectivity index (χ2n) is 4.98. The number of hydrogen-bond acceptors (Lipinski definition) is 5. The first-order valence-electron chi connectivity index (χ1n) is 6.76. The van der Waals surface area contributed by atoms with Crippen LogP contribution in [0.5, 0.6) is 0 Å². The molecule has 0 fully saturated rings. The molecule has 1 aliphatic rings. The topological polar surface area (TPSA) is 63.7 Å². The first-order valence-corrected chi connectivity index (χ1v) is 9.08. The van der Waals surface area contributed by atoms with Crippen molar-refractivity contribution in [1.29, 1.82) is 0 Å². The van der Waals surface area contributed by atoms with E-state index in [-0.39, 0.29) is 10.5 Å². The van der Waals surface area contributed by atoms with Crippen LogP contribution in [0.4, 0.5) is 0 Å². The van der Waals surface area contributed by atoms with Gasteiger partial charge in [-0.1, -0.05) is 6.07 Å². The molecule has 0 radical (unpaired) electrons. The van der Waals surface area contributed by atoms with Gasteiger partial charge in [-0.05, 0) is 41.6 Å². The molecule has 2 heterocycles. The zero-order chi connectivity index (χ0) is 15.7. The molecule has 0 N–H and O–H groups in total. The smallest absolute Gasteiger partial charge is 0.337 e. The molecular weight excluding hydrogens is 322 g/mol. The molecule has 22 heavy (non-hydrogen) atoms. The van der Waals surface area contributed by atoms with E-state index in [0.717, 1.165) is 12.0 Å². The predicted octanol–water partition coefficient (Wildman–Crippen LogP) is 2.28. The molecule has 1 aliphatic heterocycles. The van der Waals surface area contributed by atoms with Crippen molar-refractivity contribution in [3.05, 3.63) is 51.7 Å². The fourth-order valence-corrected chi connectivity index (χ4v) is 4.83. The Morgan fingerprint density at radius 1 is 1.32 bits per heavy atom. The Balaban J connectivity index is 1.92. The fourth-order valence-electron chi connectivity index (χ4n) is 2.48. The van der Waals surface area contributed by atoms with Crippen LogP contribution >= 0.6 is 11.3 Å². The molecule has 116 valence electrons. The highest BCUT2D eigenvalue weighted by molar-refractivity contribution is 7.89. The van der Waals surface area contributed by atoms with E-state index in [1.807, 2.05) is 11.4 Å². The van der Waals surface area contributed by atoms with Crippen LogP contribution in [-0.2, 0) is 27.7 Å². The van der Waals surface area contributed by atoms with E-state index in [0.29, 0.717) is 13.1 Å². The van der Waals surface area contributed by atoms with Crippen LogP contribution in [0, 0.1) is 0 Å². The highest BCUT2D eigenvalue weighted by Gasteiger charge is 2.29. The van der Waals surface area contributed by atoms with Crippen molar-refractivity contribution in [3.8, 4) is 0 Å². The van der Waals surface area contributed by atoms with Gasteiger partial charge in [-0.2, -0.15) is 4.31 Å². The number of sulfonamides is 1. The maximum atomic E-state index is 12.8. The zero-order valence-electron chi connectivity index (χ0n) is 12.0. The van der Waals surface area contributed by atoms with E-state index < -0.39 is 16.0 Å². The minimum absolute atomic E-state index is 0.120. The summed E-state index contributed by atoms with van der Waals surface area (Å²) in [4.78, 5) is 12.9. The third-order valence-electron chi connectivity index (χ3n) is 3.67. The first kappa shape index (κ1) is 15.2. The summed E-state index contributed by atoms with van der Waals surface area (Å²) in [7, 11) is -2.35. The van der Waals surface area contributed by atoms with Crippen molar-refractivity contribution in [2.45, 2.75) is 17.9 Å². The molecule has 0 aliphatic carbocycles. The maximum absolute atomic E-state index is 12.8. The Morgan fingerprint density at radius 3 is 2.91 bits per heavy atom. The summed E-state index contributed by atoms with van der Waals surface area (Å²) in [5.41, 5.74) is 1.29. The molecule has 3 rings (SSSR count). The average Bonchev–Trinajstić information content (AvgIpc) is 3.01. The quantitative estimate of drug-likeness (QED) is 0.806. The van der Waals surface area contributed by atoms with Gasteiger partial charge in [0.25, 0.3) is 0 Å². The van der Waals surface area contributed by atoms with E-state index in [2.05, 4.69) is 4.74 Å². The van der Waals surface area contributed by atoms with Gasteiger partial charge in [0, 0.05) is 18.0 Å². The summed E-state index contributed by atoms with van der Waals surface area (Å²) in [5, 5.41) is 1.98. The summed E-state index contributed by atoms with van der Waals surface area (Å²) >= 11 is 1.66. The van der Waals surface area contributed by atoms with Gasteiger partial charge in [-0.15, -0.1) is 11.3 Å². The van der Waals surface area contributed by atoms with Gasteiger partial charge in [0.05, 0.1) is 17.6 Å². The number of methoxy groups -OCH3 is 1. The van der Waals surface area contributed by atoms with Crippen molar-refractivity contribution >= 4 is 27.3 Å². The van der Waals surface area contributed by atoms with Crippen LogP contribution in [0.3, 0.4) is 0 Å². The standard InChI is InChI=1S/C15H15NO4S2/c1-20-15(17)11-3-2-4-13(9-11)22(18,19)16-7-5-14-12(10-16)6-8-21-14/h2-4,6,8-9H,5,7,10H2,1H3. The summed E-state index contributed by atoms with van der Waals surface area (Å²) in [5.74, 6) is -0.546. The van der Waals surface area contributed by atoms with Crippen molar-refractivity contribution in [2.24, 2.45) is 0 Å². The Hall–Kier alpha value is -1.70. The van der Waals surface area contributed by atoms with Gasteiger partial charge in [0.15, 0.2) is 0 Å². The largest absolute Gasteiger partial charge is 0.465 e. The SMILES string of the molecule is COC(=O)c1cccc(S(=O)(=O)N2CCc3sccc3C2)c1. The fraction of sp³-hybridized carbons (Fsp3) is 0.267. The number of benzene rings is 1. The van der Waals surface area contributed by atoms with E-state index >= 15 is 0 Å². The number of ether oxygens (including phenoxy) is 1. The van der Waals surface area contributed by atoms with Crippen LogP contribution in [0.25, 0.3) is 0 Å². The lowest BCUT2D eigenvalue weighted by Gasteiger charge is -2.26. The van der Waals surface area contributed by atoms with E-state index in [1.165, 1.54) is 34.5 Å². The van der Waals surface area contributed by atoms with Crippen LogP contribution in [0.2, 0.25) is 0 Å². The summed E-state index contributed by atoms with van der Waals surface area (Å²) in [6.45, 7) is 0.835. The van der Waals surface area contributed by atoms with Crippen LogP contribution in [0.15, 0.2) is 40.6 Å². The van der Waals surface area contributed by atoms with E-state index in [4.69, 9.17) is 0 Å². The van der Waals surface area contributed by atoms with Crippen LogP contribution < -0.4 is 0 Å². The Morgan fingerprint density at radius 2 is 2.14 bits per heavy atom. The number of rotatable bonds is 3. The number of fused-ring (bicyclic) bond motifs is 1. The van der Waals surface area contributed by atoms with Crippen molar-refractivity contribution < 1.29 is 17.9 Å². The third kappa shape index (κ3) is 2.67. The van der Waals surface area contributed by atoms with Gasteiger partial charge >= 0.3 is 5.97 Å². The molecule has 2 aromatic rings. The van der Waals surface area contributed by atoms with E-state index in [9.17, 15) is 13.2 Å². The molecule has 5 nitrogen and oxygen atoms in total. The molecule has 0 atom stereocenters. The molecule has 7 heteroatoms. The highest BCUT2D eigenvalue weighted by Crippen LogP contribution is 2.28. The first-order chi connectivity index (χ1) is 10.5. The minimum atomic E-state index is -3.62. The number of esters is 1. The highest BCUT2D eigenvalue weighted by atomic mass is 32.2. The summed E-state index contributed by atoms with van der Waals surface area (Å²) in [6.07, 6.45) is 0.725. The Kier molecular flexibility index (Phi) is 4.03. The van der Waals surface area contributed by atoms with Gasteiger partial charge in [0.1, 0.15) is 0 Å². The number of thiophene rings is 1. The molecule has 1 aromatic carbocycles. The maximum Gasteiger partial charge on any atom is 0.337 e. The molecule has 0 saturated heterocycles. The Labute approximate surface area is 133 Å². The summed E-state index contributed by atoms with van der Waals surface area (Å²) in [6, 6.07) is 7.93. The average molecular weight is 337 g/mol. The lowest BCUT2D eigenvalue weighted by Crippen LogP contribution is -2.35. The molecule has 0 unspecified atom stereocenters. The molecule has 0 spiro atoms.